The molecule has 6 rings (SSSR count). The van der Waals surface area contributed by atoms with Crippen LogP contribution in [0.1, 0.15) is 83.9 Å². The second-order valence-electron chi connectivity index (χ2n) is 12.1. The molecule has 4 aromatic carbocycles. The van der Waals surface area contributed by atoms with Gasteiger partial charge in [-0.05, 0) is 75.3 Å². The molecular weight excluding hydrogens is 607 g/mol. The molecule has 2 heterocycles. The Bertz CT molecular complexity index is 1940. The Morgan fingerprint density at radius 2 is 1.00 bits per heavy atom. The highest BCUT2D eigenvalue weighted by molar-refractivity contribution is 7.66. The van der Waals surface area contributed by atoms with Crippen LogP contribution in [-0.4, -0.2) is 33.3 Å². The van der Waals surface area contributed by atoms with Gasteiger partial charge in [-0.15, -0.1) is 0 Å². The van der Waals surface area contributed by atoms with Crippen molar-refractivity contribution >= 4 is 35.8 Å². The fourth-order valence-electron chi connectivity index (χ4n) is 6.24. The first-order valence-corrected chi connectivity index (χ1v) is 17.6. The van der Waals surface area contributed by atoms with Gasteiger partial charge in [0.05, 0.1) is 10.8 Å². The van der Waals surface area contributed by atoms with E-state index in [4.69, 9.17) is 0 Å². The zero-order valence-electron chi connectivity index (χ0n) is 27.0. The number of carbonyl (C=O) groups is 2. The lowest BCUT2D eigenvalue weighted by Crippen LogP contribution is -2.38. The van der Waals surface area contributed by atoms with Gasteiger partial charge in [-0.25, -0.2) is 9.36 Å². The molecule has 2 N–H and O–H groups in total. The molecule has 0 fully saturated rings. The molecule has 8 nitrogen and oxygen atoms in total. The summed E-state index contributed by atoms with van der Waals surface area (Å²) in [4.78, 5) is 57.0. The van der Waals surface area contributed by atoms with Crippen molar-refractivity contribution in [3.05, 3.63) is 146 Å². The van der Waals surface area contributed by atoms with Crippen molar-refractivity contribution in [3.63, 3.8) is 0 Å². The van der Waals surface area contributed by atoms with E-state index in [1.807, 2.05) is 94.4 Å². The first-order chi connectivity index (χ1) is 22.8. The number of fused-ring (bicyclic) bond motifs is 2. The second-order valence-corrected chi connectivity index (χ2v) is 14.4. The monoisotopic (exact) mass is 646 g/mol. The molecule has 5 aromatic rings. The lowest BCUT2D eigenvalue weighted by molar-refractivity contribution is 0.0929. The quantitative estimate of drug-likeness (QED) is 0.188. The molecule has 0 bridgehead atoms. The minimum Gasteiger partial charge on any atom is -0.350 e. The molecule has 0 spiro atoms. The normalized spacial score (nSPS) is 17.2. The first kappa shape index (κ1) is 32.1. The number of carbonyl (C=O) groups excluding carboxylic acids is 2. The minimum atomic E-state index is -1.51. The summed E-state index contributed by atoms with van der Waals surface area (Å²) in [5, 5.41) is 7.75. The van der Waals surface area contributed by atoms with Crippen LogP contribution in [0.25, 0.3) is 10.8 Å². The van der Waals surface area contributed by atoms with E-state index in [2.05, 4.69) is 10.6 Å². The van der Waals surface area contributed by atoms with Crippen LogP contribution in [0.15, 0.2) is 113 Å². The molecule has 0 saturated heterocycles. The van der Waals surface area contributed by atoms with Gasteiger partial charge >= 0.3 is 0 Å². The van der Waals surface area contributed by atoms with E-state index in [-0.39, 0.29) is 35.0 Å². The van der Waals surface area contributed by atoms with E-state index in [1.54, 1.807) is 45.8 Å². The summed E-state index contributed by atoms with van der Waals surface area (Å²) in [7, 11) is -1.51. The lowest BCUT2D eigenvalue weighted by Gasteiger charge is -2.27. The number of hydrogen-bond donors (Lipinski definition) is 2. The maximum atomic E-state index is 14.7. The van der Waals surface area contributed by atoms with Gasteiger partial charge in [-0.3, -0.25) is 19.2 Å². The van der Waals surface area contributed by atoms with Crippen molar-refractivity contribution in [2.75, 3.05) is 0 Å². The van der Waals surface area contributed by atoms with E-state index >= 15 is 0 Å². The van der Waals surface area contributed by atoms with Crippen LogP contribution in [0.4, 0.5) is 0 Å². The topological polar surface area (TPSA) is 102 Å². The first-order valence-electron chi connectivity index (χ1n) is 16.2. The highest BCUT2D eigenvalue weighted by Gasteiger charge is 2.47. The molecular formula is C38H39N4O4P. The Morgan fingerprint density at radius 3 is 1.43 bits per heavy atom. The second kappa shape index (κ2) is 13.5. The van der Waals surface area contributed by atoms with Crippen LogP contribution in [0.2, 0.25) is 0 Å². The molecule has 2 amide bonds. The van der Waals surface area contributed by atoms with Crippen molar-refractivity contribution in [2.24, 2.45) is 0 Å². The summed E-state index contributed by atoms with van der Waals surface area (Å²) < 4.78 is 3.12. The average molecular weight is 647 g/mol. The third-order valence-corrected chi connectivity index (χ3v) is 12.0. The molecule has 9 heteroatoms. The number of hydrogen-bond acceptors (Lipinski definition) is 4. The van der Waals surface area contributed by atoms with Crippen molar-refractivity contribution < 1.29 is 9.59 Å². The SMILES string of the molecule is CC[C@H](C)NC(=O)c1ccccc1[C@@H]1n2c(=O)c3ccccc3c(=O)n2[C@@H](c2ccccc2C(=O)N[C@@H](C)CC)P1c1ccccc1. The Kier molecular flexibility index (Phi) is 9.24. The predicted molar refractivity (Wildman–Crippen MR) is 189 cm³/mol. The number of benzene rings is 4. The number of nitrogens with one attached hydrogen (secondary N) is 2. The maximum Gasteiger partial charge on any atom is 0.274 e. The van der Waals surface area contributed by atoms with Crippen LogP contribution >= 0.6 is 7.92 Å². The summed E-state index contributed by atoms with van der Waals surface area (Å²) in [6.07, 6.45) is 1.52. The van der Waals surface area contributed by atoms with Crippen molar-refractivity contribution in [1.82, 2.24) is 20.0 Å². The molecule has 1 aliphatic rings. The van der Waals surface area contributed by atoms with Gasteiger partial charge in [0, 0.05) is 23.2 Å². The summed E-state index contributed by atoms with van der Waals surface area (Å²) in [5.74, 6) is -1.85. The molecule has 1 aromatic heterocycles. The lowest BCUT2D eigenvalue weighted by atomic mass is 10.1. The van der Waals surface area contributed by atoms with Crippen LogP contribution in [0.5, 0.6) is 0 Å². The Labute approximate surface area is 275 Å². The minimum absolute atomic E-state index is 0.0556. The Balaban J connectivity index is 1.71. The summed E-state index contributed by atoms with van der Waals surface area (Å²) in [6.45, 7) is 7.93. The highest BCUT2D eigenvalue weighted by Crippen LogP contribution is 2.65. The fourth-order valence-corrected chi connectivity index (χ4v) is 9.54. The smallest absolute Gasteiger partial charge is 0.274 e. The standard InChI is InChI=1S/C38H39N4O4P/c1-5-24(3)39-33(43)27-18-10-14-22-31(27)37-41-35(45)29-20-12-13-21-30(29)36(46)42(41)38(47(37)26-16-8-7-9-17-26)32-23-15-11-19-28(32)34(44)40-25(4)6-2/h7-25,37-38H,5-6H2,1-4H3,(H,39,43)(H,40,44)/t24-,25-,37+,38+/m0/s1. The van der Waals surface area contributed by atoms with E-state index in [0.29, 0.717) is 33.0 Å². The number of amides is 2. The van der Waals surface area contributed by atoms with E-state index in [9.17, 15) is 19.2 Å². The van der Waals surface area contributed by atoms with Gasteiger partial charge in [-0.2, -0.15) is 0 Å². The number of aromatic nitrogens is 2. The van der Waals surface area contributed by atoms with Gasteiger partial charge in [0.25, 0.3) is 22.9 Å². The van der Waals surface area contributed by atoms with Crippen LogP contribution < -0.4 is 27.1 Å². The fraction of sp³-hybridized carbons (Fsp3) is 0.263. The van der Waals surface area contributed by atoms with Gasteiger partial charge < -0.3 is 10.6 Å². The molecule has 1 aliphatic heterocycles. The van der Waals surface area contributed by atoms with Crippen molar-refractivity contribution in [1.29, 1.82) is 0 Å². The highest BCUT2D eigenvalue weighted by atomic mass is 31.1. The average Bonchev–Trinajstić information content (AvgIpc) is 3.47. The molecule has 0 aliphatic carbocycles. The Hall–Kier alpha value is -4.81. The Morgan fingerprint density at radius 1 is 0.617 bits per heavy atom. The van der Waals surface area contributed by atoms with Crippen molar-refractivity contribution in [3.8, 4) is 0 Å². The van der Waals surface area contributed by atoms with Crippen LogP contribution in [-0.2, 0) is 0 Å². The van der Waals surface area contributed by atoms with Crippen LogP contribution in [0, 0.1) is 0 Å². The zero-order valence-corrected chi connectivity index (χ0v) is 27.9. The van der Waals surface area contributed by atoms with Crippen molar-refractivity contribution in [2.45, 2.75) is 64.2 Å². The summed E-state index contributed by atoms with van der Waals surface area (Å²) in [6, 6.07) is 31.3. The molecule has 47 heavy (non-hydrogen) atoms. The van der Waals surface area contributed by atoms with Crippen LogP contribution in [0.3, 0.4) is 0 Å². The number of nitrogens with zero attached hydrogens (tertiary/aromatic N) is 2. The van der Waals surface area contributed by atoms with E-state index in [0.717, 1.165) is 18.1 Å². The zero-order chi connectivity index (χ0) is 33.2. The third kappa shape index (κ3) is 5.83. The van der Waals surface area contributed by atoms with Gasteiger partial charge in [0.1, 0.15) is 11.6 Å². The number of rotatable bonds is 9. The molecule has 0 radical (unpaired) electrons. The molecule has 240 valence electrons. The van der Waals surface area contributed by atoms with Gasteiger partial charge in [-0.1, -0.05) is 92.7 Å². The maximum absolute atomic E-state index is 14.7. The summed E-state index contributed by atoms with van der Waals surface area (Å²) in [5.41, 5.74) is 1.55. The molecule has 0 saturated carbocycles. The van der Waals surface area contributed by atoms with Gasteiger partial charge in [0.2, 0.25) is 0 Å². The third-order valence-electron chi connectivity index (χ3n) is 9.03. The van der Waals surface area contributed by atoms with Gasteiger partial charge in [0.15, 0.2) is 0 Å². The molecule has 4 atom stereocenters. The largest absolute Gasteiger partial charge is 0.350 e. The summed E-state index contributed by atoms with van der Waals surface area (Å²) >= 11 is 0. The van der Waals surface area contributed by atoms with E-state index < -0.39 is 19.5 Å². The molecule has 0 unspecified atom stereocenters. The predicted octanol–water partition coefficient (Wildman–Crippen LogP) is 6.13. The van der Waals surface area contributed by atoms with E-state index in [1.165, 1.54) is 0 Å².